The van der Waals surface area contributed by atoms with Crippen molar-refractivity contribution in [3.63, 3.8) is 0 Å². The number of nitrogens with one attached hydrogen (secondary N) is 1. The van der Waals surface area contributed by atoms with E-state index in [-0.39, 0.29) is 17.5 Å². The van der Waals surface area contributed by atoms with Crippen LogP contribution in [0.1, 0.15) is 22.2 Å². The van der Waals surface area contributed by atoms with Crippen molar-refractivity contribution < 1.29 is 9.18 Å². The third-order valence-electron chi connectivity index (χ3n) is 5.82. The topological polar surface area (TPSA) is 65.1 Å². The smallest absolute Gasteiger partial charge is 0.257 e. The number of fused-ring (bicyclic) bond motifs is 1. The predicted octanol–water partition coefficient (Wildman–Crippen LogP) is 3.89. The van der Waals surface area contributed by atoms with Crippen LogP contribution in [0.5, 0.6) is 0 Å². The molecule has 0 saturated carbocycles. The van der Waals surface area contributed by atoms with Crippen molar-refractivity contribution in [2.24, 2.45) is 0 Å². The van der Waals surface area contributed by atoms with Crippen molar-refractivity contribution >= 4 is 16.7 Å². The fourth-order valence-electron chi connectivity index (χ4n) is 4.11. The molecular weight excluding hydrogens is 393 g/mol. The fraction of sp³-hybridized carbons (Fsp3) is 0.208. The highest BCUT2D eigenvalue weighted by Gasteiger charge is 2.33. The molecule has 1 unspecified atom stereocenters. The molecule has 5 rings (SSSR count). The van der Waals surface area contributed by atoms with Crippen molar-refractivity contribution in [3.8, 4) is 11.3 Å². The Morgan fingerprint density at radius 1 is 1.10 bits per heavy atom. The van der Waals surface area contributed by atoms with E-state index < -0.39 is 5.82 Å². The van der Waals surface area contributed by atoms with Crippen molar-refractivity contribution in [2.75, 3.05) is 26.7 Å². The second kappa shape index (κ2) is 7.92. The summed E-state index contributed by atoms with van der Waals surface area (Å²) in [5.74, 6) is -0.263. The maximum Gasteiger partial charge on any atom is 0.257 e. The number of piperazine rings is 1. The van der Waals surface area contributed by atoms with Gasteiger partial charge in [-0.1, -0.05) is 36.4 Å². The second-order valence-corrected chi connectivity index (χ2v) is 7.88. The van der Waals surface area contributed by atoms with Gasteiger partial charge in [0.05, 0.1) is 23.7 Å². The lowest BCUT2D eigenvalue weighted by Gasteiger charge is -2.39. The number of likely N-dealkylation sites (N-methyl/N-ethyl adjacent to an activating group) is 1. The van der Waals surface area contributed by atoms with Crippen molar-refractivity contribution in [1.29, 1.82) is 0 Å². The Labute approximate surface area is 179 Å². The fourth-order valence-corrected chi connectivity index (χ4v) is 4.11. The monoisotopic (exact) mass is 415 g/mol. The largest absolute Gasteiger partial charge is 0.340 e. The molecule has 0 aliphatic carbocycles. The van der Waals surface area contributed by atoms with Crippen molar-refractivity contribution in [1.82, 2.24) is 24.8 Å². The highest BCUT2D eigenvalue weighted by atomic mass is 19.1. The molecule has 1 amide bonds. The van der Waals surface area contributed by atoms with Gasteiger partial charge in [-0.05, 0) is 30.0 Å². The maximum atomic E-state index is 14.2. The van der Waals surface area contributed by atoms with Crippen LogP contribution in [-0.4, -0.2) is 57.3 Å². The minimum atomic E-state index is -0.610. The van der Waals surface area contributed by atoms with Gasteiger partial charge in [0.25, 0.3) is 5.91 Å². The van der Waals surface area contributed by atoms with Crippen LogP contribution >= 0.6 is 0 Å². The zero-order valence-electron chi connectivity index (χ0n) is 17.1. The molecule has 1 aliphatic rings. The number of pyridine rings is 1. The van der Waals surface area contributed by atoms with Gasteiger partial charge in [-0.25, -0.2) is 9.37 Å². The summed E-state index contributed by atoms with van der Waals surface area (Å²) in [7, 11) is 2.01. The molecule has 0 bridgehead atoms. The van der Waals surface area contributed by atoms with Gasteiger partial charge in [0.2, 0.25) is 0 Å². The van der Waals surface area contributed by atoms with E-state index in [1.165, 1.54) is 17.6 Å². The van der Waals surface area contributed by atoms with E-state index in [0.717, 1.165) is 22.8 Å². The third-order valence-corrected chi connectivity index (χ3v) is 5.82. The van der Waals surface area contributed by atoms with Gasteiger partial charge in [-0.3, -0.25) is 9.78 Å². The Hall–Kier alpha value is -3.58. The molecule has 2 aromatic heterocycles. The number of aromatic amines is 1. The zero-order valence-corrected chi connectivity index (χ0v) is 17.1. The lowest BCUT2D eigenvalue weighted by Crippen LogP contribution is -2.49. The number of carbonyl (C=O) groups is 1. The molecule has 1 atom stereocenters. The van der Waals surface area contributed by atoms with E-state index in [9.17, 15) is 9.18 Å². The van der Waals surface area contributed by atoms with E-state index in [4.69, 9.17) is 0 Å². The second-order valence-electron chi connectivity index (χ2n) is 7.88. The summed E-state index contributed by atoms with van der Waals surface area (Å²) in [6.07, 6.45) is 4.30. The van der Waals surface area contributed by atoms with Crippen LogP contribution < -0.4 is 0 Å². The van der Waals surface area contributed by atoms with E-state index in [2.05, 4.69) is 50.2 Å². The molecule has 3 heterocycles. The van der Waals surface area contributed by atoms with Gasteiger partial charge in [0, 0.05) is 31.4 Å². The summed E-state index contributed by atoms with van der Waals surface area (Å²) >= 11 is 0. The first kappa shape index (κ1) is 19.4. The van der Waals surface area contributed by atoms with Crippen LogP contribution in [0.25, 0.3) is 22.0 Å². The quantitative estimate of drug-likeness (QED) is 0.551. The highest BCUT2D eigenvalue weighted by molar-refractivity contribution is 5.94. The molecule has 6 nitrogen and oxygen atoms in total. The number of halogens is 1. The van der Waals surface area contributed by atoms with Gasteiger partial charge in [-0.2, -0.15) is 0 Å². The van der Waals surface area contributed by atoms with Gasteiger partial charge in [0.15, 0.2) is 5.82 Å². The van der Waals surface area contributed by atoms with Crippen molar-refractivity contribution in [2.45, 2.75) is 6.04 Å². The minimum Gasteiger partial charge on any atom is -0.340 e. The summed E-state index contributed by atoms with van der Waals surface area (Å²) in [4.78, 5) is 28.7. The first-order valence-electron chi connectivity index (χ1n) is 10.2. The molecule has 0 radical (unpaired) electrons. The Morgan fingerprint density at radius 2 is 1.94 bits per heavy atom. The normalized spacial score (nSPS) is 17.2. The summed E-state index contributed by atoms with van der Waals surface area (Å²) in [6, 6.07) is 15.6. The Bertz CT molecular complexity index is 1250. The van der Waals surface area contributed by atoms with Gasteiger partial charge in [-0.15, -0.1) is 0 Å². The van der Waals surface area contributed by atoms with Crippen LogP contribution in [0, 0.1) is 5.82 Å². The molecule has 1 fully saturated rings. The third kappa shape index (κ3) is 3.68. The molecule has 1 saturated heterocycles. The predicted molar refractivity (Wildman–Crippen MR) is 117 cm³/mol. The van der Waals surface area contributed by atoms with E-state index in [0.29, 0.717) is 25.5 Å². The molecule has 1 aliphatic heterocycles. The average molecular weight is 415 g/mol. The minimum absolute atomic E-state index is 0.0332. The van der Waals surface area contributed by atoms with Gasteiger partial charge in [0.1, 0.15) is 11.9 Å². The Balaban J connectivity index is 1.47. The average Bonchev–Trinajstić information content (AvgIpc) is 3.29. The van der Waals surface area contributed by atoms with Crippen LogP contribution in [0.15, 0.2) is 67.1 Å². The van der Waals surface area contributed by atoms with Crippen molar-refractivity contribution in [3.05, 3.63) is 84.3 Å². The number of aromatic nitrogens is 3. The van der Waals surface area contributed by atoms with Crippen LogP contribution in [-0.2, 0) is 0 Å². The van der Waals surface area contributed by atoms with E-state index in [1.807, 2.05) is 19.2 Å². The first-order chi connectivity index (χ1) is 15.1. The molecule has 156 valence electrons. The Kier molecular flexibility index (Phi) is 4.95. The molecule has 4 aromatic rings. The number of hydrogen-bond acceptors (Lipinski definition) is 4. The number of amides is 1. The summed E-state index contributed by atoms with van der Waals surface area (Å²) in [5, 5.41) is 2.33. The number of nitrogens with zero attached hydrogens (tertiary/aromatic N) is 4. The van der Waals surface area contributed by atoms with E-state index in [1.54, 1.807) is 11.1 Å². The summed E-state index contributed by atoms with van der Waals surface area (Å²) in [5.41, 5.74) is 1.95. The van der Waals surface area contributed by atoms with Crippen LogP contribution in [0.3, 0.4) is 0 Å². The molecule has 0 spiro atoms. The lowest BCUT2D eigenvalue weighted by atomic mass is 10.1. The maximum absolute atomic E-state index is 14.2. The first-order valence-corrected chi connectivity index (χ1v) is 10.2. The summed E-state index contributed by atoms with van der Waals surface area (Å²) in [6.45, 7) is 1.82. The lowest BCUT2D eigenvalue weighted by molar-refractivity contribution is 0.0478. The number of benzene rings is 2. The number of imidazole rings is 1. The number of H-pyrrole nitrogens is 1. The van der Waals surface area contributed by atoms with Gasteiger partial charge >= 0.3 is 0 Å². The number of hydrogen-bond donors (Lipinski definition) is 1. The molecule has 2 aromatic carbocycles. The zero-order chi connectivity index (χ0) is 21.4. The summed E-state index contributed by atoms with van der Waals surface area (Å²) < 4.78 is 14.2. The van der Waals surface area contributed by atoms with Gasteiger partial charge < -0.3 is 14.8 Å². The Morgan fingerprint density at radius 3 is 2.77 bits per heavy atom. The molecule has 1 N–H and O–H groups in total. The SMILES string of the molecule is CN1CCN(C(=O)c2ccncc2F)C(c2ncc(-c3ccc4ccccc4c3)[nH]2)C1. The standard InChI is InChI=1S/C24H22FN5O/c1-29-10-11-30(24(31)19-8-9-26-13-20(19)25)22(15-29)23-27-14-21(28-23)18-7-6-16-4-2-3-5-17(16)12-18/h2-9,12-14,22H,10-11,15H2,1H3,(H,27,28). The molecule has 31 heavy (non-hydrogen) atoms. The van der Waals surface area contributed by atoms with Crippen LogP contribution in [0.4, 0.5) is 4.39 Å². The number of carbonyl (C=O) groups excluding carboxylic acids is 1. The highest BCUT2D eigenvalue weighted by Crippen LogP contribution is 2.29. The van der Waals surface area contributed by atoms with Crippen LogP contribution in [0.2, 0.25) is 0 Å². The molecule has 7 heteroatoms. The van der Waals surface area contributed by atoms with E-state index >= 15 is 0 Å². The number of rotatable bonds is 3. The molecular formula is C24H22FN5O.